The van der Waals surface area contributed by atoms with Crippen LogP contribution in [0, 0.1) is 0 Å². The molecule has 0 spiro atoms. The largest absolute Gasteiger partial charge is 0.511 e. The average molecular weight is 852 g/mol. The zero-order valence-electron chi connectivity index (χ0n) is 31.2. The number of unbranched alkanes of at least 4 members (excludes halogenated alkanes) is 4. The molecule has 15 heteroatoms. The van der Waals surface area contributed by atoms with E-state index in [1.165, 1.54) is 0 Å². The maximum Gasteiger partial charge on any atom is 0.511 e. The Bertz CT molecular complexity index is 1520. The Balaban J connectivity index is 1.06. The average Bonchev–Trinajstić information content (AvgIpc) is 3.22. The van der Waals surface area contributed by atoms with Gasteiger partial charge in [-0.1, -0.05) is 157 Å². The summed E-state index contributed by atoms with van der Waals surface area (Å²) in [7, 11) is -7.70. The lowest BCUT2D eigenvalue weighted by molar-refractivity contribution is 0.0321. The van der Waals surface area contributed by atoms with Gasteiger partial charge < -0.3 is 9.47 Å². The van der Waals surface area contributed by atoms with Crippen LogP contribution in [0.5, 0.6) is 0 Å². The summed E-state index contributed by atoms with van der Waals surface area (Å²) >= 11 is 12.4. The van der Waals surface area contributed by atoms with Gasteiger partial charge in [0.25, 0.3) is 0 Å². The van der Waals surface area contributed by atoms with Gasteiger partial charge in [-0.05, 0) is 60.8 Å². The third kappa shape index (κ3) is 19.4. The molecular formula is C41H50Cl2O11P2. The van der Waals surface area contributed by atoms with Gasteiger partial charge in [0, 0.05) is 0 Å². The number of alkyl halides is 2. The molecular weight excluding hydrogens is 801 g/mol. The van der Waals surface area contributed by atoms with Crippen molar-refractivity contribution in [1.82, 2.24) is 0 Å². The molecule has 0 aliphatic carbocycles. The van der Waals surface area contributed by atoms with Crippen molar-refractivity contribution in [2.24, 2.45) is 0 Å². The van der Waals surface area contributed by atoms with Crippen LogP contribution in [0.2, 0.25) is 0 Å². The SMILES string of the molecule is O=C(OC(Cl)CCCCCOP(=O)(OCc1ccccc1)OCc1ccccc1)OC(Cl)CCCCCOP(=O)(OCc1ccccc1)OCc1ccccc1. The maximum atomic E-state index is 13.4. The van der Waals surface area contributed by atoms with E-state index in [1.54, 1.807) is 0 Å². The fourth-order valence-corrected chi connectivity index (χ4v) is 7.84. The summed E-state index contributed by atoms with van der Waals surface area (Å²) in [5.74, 6) is 0. The maximum absolute atomic E-state index is 13.4. The topological polar surface area (TPSA) is 125 Å². The zero-order valence-corrected chi connectivity index (χ0v) is 34.5. The van der Waals surface area contributed by atoms with Crippen LogP contribution in [-0.4, -0.2) is 30.5 Å². The fourth-order valence-electron chi connectivity index (χ4n) is 5.01. The Morgan fingerprint density at radius 2 is 0.714 bits per heavy atom. The highest BCUT2D eigenvalue weighted by molar-refractivity contribution is 7.48. The van der Waals surface area contributed by atoms with E-state index in [9.17, 15) is 13.9 Å². The quantitative estimate of drug-likeness (QED) is 0.0235. The highest BCUT2D eigenvalue weighted by Crippen LogP contribution is 2.52. The molecule has 4 rings (SSSR count). The van der Waals surface area contributed by atoms with Crippen molar-refractivity contribution >= 4 is 45.0 Å². The van der Waals surface area contributed by atoms with Crippen LogP contribution in [0.4, 0.5) is 4.79 Å². The van der Waals surface area contributed by atoms with Crippen LogP contribution >= 0.6 is 38.8 Å². The standard InChI is InChI=1S/C41H50Cl2O11P2/c42-39(27-15-5-17-29-47-55(45,49-31-35-19-7-1-8-20-35)50-32-36-21-9-2-10-22-36)53-41(44)54-40(43)28-16-6-18-30-48-56(46,51-33-37-23-11-3-12-24-37)52-34-38-25-13-4-14-26-38/h1-4,7-14,19-26,39-40H,5-6,15-18,27-34H2. The second-order valence-corrected chi connectivity index (χ2v) is 16.9. The van der Waals surface area contributed by atoms with Crippen molar-refractivity contribution in [2.45, 2.75) is 88.9 Å². The Labute approximate surface area is 340 Å². The first-order valence-corrected chi connectivity index (χ1v) is 22.4. The highest BCUT2D eigenvalue weighted by atomic mass is 35.5. The molecule has 56 heavy (non-hydrogen) atoms. The third-order valence-electron chi connectivity index (χ3n) is 8.03. The lowest BCUT2D eigenvalue weighted by Crippen LogP contribution is -2.18. The number of benzene rings is 4. The van der Waals surface area contributed by atoms with E-state index in [0.29, 0.717) is 51.4 Å². The van der Waals surface area contributed by atoms with Crippen molar-refractivity contribution in [3.8, 4) is 0 Å². The van der Waals surface area contributed by atoms with Crippen LogP contribution < -0.4 is 0 Å². The van der Waals surface area contributed by atoms with Crippen LogP contribution in [0.25, 0.3) is 0 Å². The molecule has 0 N–H and O–H groups in total. The van der Waals surface area contributed by atoms with Gasteiger partial charge in [-0.25, -0.2) is 13.9 Å². The lowest BCUT2D eigenvalue weighted by Gasteiger charge is -2.18. The van der Waals surface area contributed by atoms with Crippen molar-refractivity contribution in [1.29, 1.82) is 0 Å². The minimum absolute atomic E-state index is 0.0774. The molecule has 2 unspecified atom stereocenters. The van der Waals surface area contributed by atoms with E-state index in [0.717, 1.165) is 22.3 Å². The molecule has 0 aliphatic heterocycles. The number of hydrogen-bond donors (Lipinski definition) is 0. The number of ether oxygens (including phenoxy) is 2. The predicted octanol–water partition coefficient (Wildman–Crippen LogP) is 12.5. The summed E-state index contributed by atoms with van der Waals surface area (Å²) in [6, 6.07) is 37.4. The molecule has 0 heterocycles. The first-order chi connectivity index (χ1) is 27.2. The minimum atomic E-state index is -3.85. The molecule has 0 bridgehead atoms. The smallest absolute Gasteiger partial charge is 0.415 e. The van der Waals surface area contributed by atoms with Crippen molar-refractivity contribution in [2.75, 3.05) is 13.2 Å². The Hall–Kier alpha value is -3.05. The van der Waals surface area contributed by atoms with E-state index >= 15 is 0 Å². The van der Waals surface area contributed by atoms with Gasteiger partial charge in [0.1, 0.15) is 0 Å². The van der Waals surface area contributed by atoms with Crippen LogP contribution in [0.1, 0.15) is 73.6 Å². The van der Waals surface area contributed by atoms with Crippen molar-refractivity contribution < 1.29 is 50.5 Å². The molecule has 2 atom stereocenters. The molecule has 0 saturated carbocycles. The lowest BCUT2D eigenvalue weighted by atomic mass is 10.2. The normalized spacial score (nSPS) is 12.9. The van der Waals surface area contributed by atoms with E-state index in [4.69, 9.17) is 59.8 Å². The Kier molecular flexibility index (Phi) is 21.2. The van der Waals surface area contributed by atoms with Gasteiger partial charge in [-0.2, -0.15) is 0 Å². The molecule has 0 amide bonds. The zero-order chi connectivity index (χ0) is 39.7. The third-order valence-corrected chi connectivity index (χ3v) is 11.4. The summed E-state index contributed by atoms with van der Waals surface area (Å²) in [5.41, 5.74) is 1.54. The number of hydrogen-bond acceptors (Lipinski definition) is 11. The van der Waals surface area contributed by atoms with E-state index in [-0.39, 0.29) is 39.6 Å². The molecule has 0 saturated heterocycles. The highest BCUT2D eigenvalue weighted by Gasteiger charge is 2.28. The van der Waals surface area contributed by atoms with Crippen molar-refractivity contribution in [3.05, 3.63) is 144 Å². The molecule has 0 fully saturated rings. The monoisotopic (exact) mass is 850 g/mol. The number of rotatable bonds is 28. The molecule has 0 aromatic heterocycles. The van der Waals surface area contributed by atoms with Crippen LogP contribution in [0.15, 0.2) is 121 Å². The minimum Gasteiger partial charge on any atom is -0.415 e. The number of phosphoric acid groups is 2. The first-order valence-electron chi connectivity index (χ1n) is 18.6. The molecule has 304 valence electrons. The number of halogens is 2. The molecule has 11 nitrogen and oxygen atoms in total. The number of carbonyl (C=O) groups excluding carboxylic acids is 1. The molecule has 4 aromatic rings. The fraction of sp³-hybridized carbons (Fsp3) is 0.390. The Morgan fingerprint density at radius 1 is 0.429 bits per heavy atom. The summed E-state index contributed by atoms with van der Waals surface area (Å²) < 4.78 is 70.9. The van der Waals surface area contributed by atoms with E-state index < -0.39 is 32.9 Å². The van der Waals surface area contributed by atoms with Gasteiger partial charge in [-0.3, -0.25) is 27.1 Å². The van der Waals surface area contributed by atoms with Crippen molar-refractivity contribution in [3.63, 3.8) is 0 Å². The molecule has 4 aromatic carbocycles. The van der Waals surface area contributed by atoms with E-state index in [1.807, 2.05) is 121 Å². The van der Waals surface area contributed by atoms with Crippen LogP contribution in [0.3, 0.4) is 0 Å². The second kappa shape index (κ2) is 26.1. The molecule has 0 radical (unpaired) electrons. The van der Waals surface area contributed by atoms with Gasteiger partial charge in [-0.15, -0.1) is 0 Å². The summed E-state index contributed by atoms with van der Waals surface area (Å²) in [4.78, 5) is 12.2. The summed E-state index contributed by atoms with van der Waals surface area (Å²) in [5, 5.41) is 0. The summed E-state index contributed by atoms with van der Waals surface area (Å²) in [6.45, 7) is 0.588. The van der Waals surface area contributed by atoms with Gasteiger partial charge >= 0.3 is 21.8 Å². The van der Waals surface area contributed by atoms with Gasteiger partial charge in [0.15, 0.2) is 11.1 Å². The first kappa shape index (κ1) is 45.6. The molecule has 0 aliphatic rings. The van der Waals surface area contributed by atoms with Gasteiger partial charge in [0.05, 0.1) is 39.6 Å². The van der Waals surface area contributed by atoms with Gasteiger partial charge in [0.2, 0.25) is 0 Å². The predicted molar refractivity (Wildman–Crippen MR) is 216 cm³/mol. The Morgan fingerprint density at radius 3 is 1.00 bits per heavy atom. The summed E-state index contributed by atoms with van der Waals surface area (Å²) in [6.07, 6.45) is 3.41. The van der Waals surface area contributed by atoms with E-state index in [2.05, 4.69) is 0 Å². The number of carbonyl (C=O) groups is 1. The van der Waals surface area contributed by atoms with Crippen LogP contribution in [-0.2, 0) is 72.2 Å². The second-order valence-electron chi connectivity index (χ2n) is 12.6. The number of phosphoric ester groups is 2.